The average molecular weight is 387 g/mol. The molecule has 0 radical (unpaired) electrons. The molecule has 0 saturated heterocycles. The maximum absolute atomic E-state index is 12.1. The molecule has 6 heteroatoms. The molecule has 0 bridgehead atoms. The summed E-state index contributed by atoms with van der Waals surface area (Å²) < 4.78 is 21.8. The fourth-order valence-electron chi connectivity index (χ4n) is 3.07. The number of methoxy groups -OCH3 is 3. The smallest absolute Gasteiger partial charge is 0.220 e. The van der Waals surface area contributed by atoms with Crippen LogP contribution in [0.15, 0.2) is 30.3 Å². The number of hydrogen-bond donors (Lipinski definition) is 1. The minimum atomic E-state index is -0.0409. The Balaban J connectivity index is 1.82. The highest BCUT2D eigenvalue weighted by Gasteiger charge is 2.16. The number of ether oxygens (including phenoxy) is 4. The van der Waals surface area contributed by atoms with Crippen LogP contribution in [0.25, 0.3) is 0 Å². The van der Waals surface area contributed by atoms with Crippen LogP contribution >= 0.6 is 0 Å². The number of nitrogens with one attached hydrogen (secondary N) is 1. The summed E-state index contributed by atoms with van der Waals surface area (Å²) in [6.45, 7) is 4.94. The normalized spacial score (nSPS) is 10.3. The Bertz CT molecular complexity index is 784. The highest BCUT2D eigenvalue weighted by atomic mass is 16.5. The Morgan fingerprint density at radius 3 is 2.21 bits per heavy atom. The van der Waals surface area contributed by atoms with E-state index in [2.05, 4.69) is 11.4 Å². The van der Waals surface area contributed by atoms with Gasteiger partial charge >= 0.3 is 0 Å². The van der Waals surface area contributed by atoms with Crippen molar-refractivity contribution < 1.29 is 23.7 Å². The molecule has 2 aromatic carbocycles. The summed E-state index contributed by atoms with van der Waals surface area (Å²) >= 11 is 0. The van der Waals surface area contributed by atoms with E-state index in [1.54, 1.807) is 21.3 Å². The van der Waals surface area contributed by atoms with Crippen LogP contribution < -0.4 is 24.3 Å². The van der Waals surface area contributed by atoms with E-state index in [0.717, 1.165) is 22.4 Å². The summed E-state index contributed by atoms with van der Waals surface area (Å²) in [7, 11) is 4.71. The van der Waals surface area contributed by atoms with E-state index in [9.17, 15) is 4.79 Å². The van der Waals surface area contributed by atoms with E-state index in [4.69, 9.17) is 18.9 Å². The number of carbonyl (C=O) groups is 1. The lowest BCUT2D eigenvalue weighted by atomic mass is 10.1. The van der Waals surface area contributed by atoms with Crippen LogP contribution in [0, 0.1) is 13.8 Å². The minimum Gasteiger partial charge on any atom is -0.493 e. The molecule has 1 amide bonds. The molecule has 28 heavy (non-hydrogen) atoms. The van der Waals surface area contributed by atoms with Crippen LogP contribution in [-0.2, 0) is 11.2 Å². The molecule has 0 aliphatic rings. The van der Waals surface area contributed by atoms with Crippen molar-refractivity contribution in [2.75, 3.05) is 34.5 Å². The molecule has 0 spiro atoms. The van der Waals surface area contributed by atoms with Crippen LogP contribution in [0.4, 0.5) is 0 Å². The Morgan fingerprint density at radius 2 is 1.61 bits per heavy atom. The predicted octanol–water partition coefficient (Wildman–Crippen LogP) is 3.46. The van der Waals surface area contributed by atoms with Crippen molar-refractivity contribution in [3.8, 4) is 23.0 Å². The molecule has 0 atom stereocenters. The van der Waals surface area contributed by atoms with Gasteiger partial charge in [-0.3, -0.25) is 4.79 Å². The van der Waals surface area contributed by atoms with Gasteiger partial charge in [-0.25, -0.2) is 0 Å². The largest absolute Gasteiger partial charge is 0.493 e. The van der Waals surface area contributed by atoms with Crippen LogP contribution in [0.5, 0.6) is 23.0 Å². The van der Waals surface area contributed by atoms with E-state index >= 15 is 0 Å². The molecule has 0 aromatic heterocycles. The Labute approximate surface area is 166 Å². The van der Waals surface area contributed by atoms with Gasteiger partial charge in [-0.1, -0.05) is 12.1 Å². The molecular formula is C22H29NO5. The fourth-order valence-corrected chi connectivity index (χ4v) is 3.07. The van der Waals surface area contributed by atoms with Crippen molar-refractivity contribution in [3.05, 3.63) is 47.0 Å². The van der Waals surface area contributed by atoms with Gasteiger partial charge in [0.25, 0.3) is 0 Å². The monoisotopic (exact) mass is 387 g/mol. The second-order valence-corrected chi connectivity index (χ2v) is 6.52. The van der Waals surface area contributed by atoms with Crippen LogP contribution in [0.1, 0.15) is 23.1 Å². The lowest BCUT2D eigenvalue weighted by Gasteiger charge is -2.15. The molecular weight excluding hydrogens is 358 g/mol. The topological polar surface area (TPSA) is 66.0 Å². The van der Waals surface area contributed by atoms with Crippen molar-refractivity contribution in [2.24, 2.45) is 0 Å². The first-order chi connectivity index (χ1) is 13.5. The number of amides is 1. The van der Waals surface area contributed by atoms with Gasteiger partial charge in [0.15, 0.2) is 11.5 Å². The number of rotatable bonds is 10. The number of carbonyl (C=O) groups excluding carboxylic acids is 1. The van der Waals surface area contributed by atoms with E-state index in [1.165, 1.54) is 0 Å². The first-order valence-corrected chi connectivity index (χ1v) is 9.24. The SMILES string of the molecule is COc1ccc(CCC(=O)NCCOc2cc(C)cc(C)c2)c(OC)c1OC. The lowest BCUT2D eigenvalue weighted by molar-refractivity contribution is -0.121. The Kier molecular flexibility index (Phi) is 7.99. The van der Waals surface area contributed by atoms with Crippen LogP contribution in [0.3, 0.4) is 0 Å². The van der Waals surface area contributed by atoms with Gasteiger partial charge in [0.2, 0.25) is 11.7 Å². The summed E-state index contributed by atoms with van der Waals surface area (Å²) in [5, 5.41) is 2.88. The molecule has 0 fully saturated rings. The zero-order chi connectivity index (χ0) is 20.5. The third kappa shape index (κ3) is 5.81. The number of aryl methyl sites for hydroxylation is 3. The van der Waals surface area contributed by atoms with Gasteiger partial charge in [-0.2, -0.15) is 0 Å². The van der Waals surface area contributed by atoms with Crippen molar-refractivity contribution >= 4 is 5.91 Å². The van der Waals surface area contributed by atoms with Gasteiger partial charge in [0.05, 0.1) is 27.9 Å². The third-order valence-electron chi connectivity index (χ3n) is 4.30. The van der Waals surface area contributed by atoms with Gasteiger partial charge < -0.3 is 24.3 Å². The summed E-state index contributed by atoms with van der Waals surface area (Å²) in [4.78, 5) is 12.1. The first kappa shape index (κ1) is 21.4. The fraction of sp³-hybridized carbons (Fsp3) is 0.409. The molecule has 6 nitrogen and oxygen atoms in total. The van der Waals surface area contributed by atoms with Gasteiger partial charge in [-0.05, 0) is 55.2 Å². The summed E-state index contributed by atoms with van der Waals surface area (Å²) in [6, 6.07) is 9.76. The molecule has 0 saturated carbocycles. The van der Waals surface area contributed by atoms with Gasteiger partial charge in [0.1, 0.15) is 12.4 Å². The van der Waals surface area contributed by atoms with E-state index < -0.39 is 0 Å². The van der Waals surface area contributed by atoms with Crippen molar-refractivity contribution in [1.82, 2.24) is 5.32 Å². The Morgan fingerprint density at radius 1 is 0.929 bits per heavy atom. The highest BCUT2D eigenvalue weighted by Crippen LogP contribution is 2.40. The van der Waals surface area contributed by atoms with E-state index in [1.807, 2.05) is 38.1 Å². The van der Waals surface area contributed by atoms with Crippen molar-refractivity contribution in [1.29, 1.82) is 0 Å². The first-order valence-electron chi connectivity index (χ1n) is 9.24. The molecule has 0 aliphatic carbocycles. The van der Waals surface area contributed by atoms with E-state index in [-0.39, 0.29) is 5.91 Å². The molecule has 0 aliphatic heterocycles. The number of hydrogen-bond acceptors (Lipinski definition) is 5. The Hall–Kier alpha value is -2.89. The minimum absolute atomic E-state index is 0.0409. The molecule has 1 N–H and O–H groups in total. The molecule has 152 valence electrons. The molecule has 0 heterocycles. The van der Waals surface area contributed by atoms with Gasteiger partial charge in [0, 0.05) is 6.42 Å². The average Bonchev–Trinajstić information content (AvgIpc) is 2.67. The predicted molar refractivity (Wildman–Crippen MR) is 109 cm³/mol. The lowest BCUT2D eigenvalue weighted by Crippen LogP contribution is -2.28. The van der Waals surface area contributed by atoms with Crippen LogP contribution in [-0.4, -0.2) is 40.4 Å². The molecule has 2 rings (SSSR count). The third-order valence-corrected chi connectivity index (χ3v) is 4.30. The maximum Gasteiger partial charge on any atom is 0.220 e. The summed E-state index contributed by atoms with van der Waals surface area (Å²) in [5.74, 6) is 2.50. The van der Waals surface area contributed by atoms with Crippen molar-refractivity contribution in [2.45, 2.75) is 26.7 Å². The summed E-state index contributed by atoms with van der Waals surface area (Å²) in [6.07, 6.45) is 0.878. The number of benzene rings is 2. The second-order valence-electron chi connectivity index (χ2n) is 6.52. The van der Waals surface area contributed by atoms with Crippen LogP contribution in [0.2, 0.25) is 0 Å². The zero-order valence-corrected chi connectivity index (χ0v) is 17.3. The quantitative estimate of drug-likeness (QED) is 0.633. The van der Waals surface area contributed by atoms with E-state index in [0.29, 0.717) is 43.2 Å². The highest BCUT2D eigenvalue weighted by molar-refractivity contribution is 5.76. The zero-order valence-electron chi connectivity index (χ0n) is 17.3. The standard InChI is InChI=1S/C22H29NO5/c1-15-12-16(2)14-18(13-15)28-11-10-23-20(24)9-7-17-6-8-19(25-3)22(27-5)21(17)26-4/h6,8,12-14H,7,9-11H2,1-5H3,(H,23,24). The maximum atomic E-state index is 12.1. The van der Waals surface area contributed by atoms with Gasteiger partial charge in [-0.15, -0.1) is 0 Å². The van der Waals surface area contributed by atoms with Crippen molar-refractivity contribution in [3.63, 3.8) is 0 Å². The second kappa shape index (κ2) is 10.4. The molecule has 2 aromatic rings. The molecule has 0 unspecified atom stereocenters. The summed E-state index contributed by atoms with van der Waals surface area (Å²) in [5.41, 5.74) is 3.20.